The number of benzene rings is 1. The molecule has 0 aromatic heterocycles. The number of hydrogen-bond acceptors (Lipinski definition) is 4. The van der Waals surface area contributed by atoms with Crippen LogP contribution in [0.4, 0.5) is 4.39 Å². The van der Waals surface area contributed by atoms with E-state index in [0.29, 0.717) is 10.7 Å². The summed E-state index contributed by atoms with van der Waals surface area (Å²) in [7, 11) is 0. The number of carbonyl (C=O) groups excluding carboxylic acids is 1. The number of rotatable bonds is 3. The Hall–Kier alpha value is -1.62. The van der Waals surface area contributed by atoms with E-state index in [4.69, 9.17) is 0 Å². The van der Waals surface area contributed by atoms with Crippen LogP contribution < -0.4 is 5.32 Å². The molecule has 0 aliphatic carbocycles. The zero-order valence-corrected chi connectivity index (χ0v) is 10.7. The van der Waals surface area contributed by atoms with E-state index in [9.17, 15) is 9.18 Å². The lowest BCUT2D eigenvalue weighted by molar-refractivity contribution is 0.0886. The molecule has 5 heteroatoms. The summed E-state index contributed by atoms with van der Waals surface area (Å²) >= 11 is 1.31. The topological polar surface area (TPSA) is 41.5 Å². The SMILES string of the molecule is CSC1=NC=CC(F)(CC(=O)c2ccccc2)N1. The van der Waals surface area contributed by atoms with Crippen LogP contribution in [-0.2, 0) is 0 Å². The van der Waals surface area contributed by atoms with Crippen LogP contribution in [0.15, 0.2) is 47.6 Å². The smallest absolute Gasteiger partial charge is 0.209 e. The second-order valence-electron chi connectivity index (χ2n) is 3.91. The molecular formula is C13H13FN2OS. The van der Waals surface area contributed by atoms with Crippen LogP contribution in [0.5, 0.6) is 0 Å². The lowest BCUT2D eigenvalue weighted by atomic mass is 10.0. The number of thioether (sulfide) groups is 1. The highest BCUT2D eigenvalue weighted by Crippen LogP contribution is 2.22. The number of hydrogen-bond donors (Lipinski definition) is 1. The molecule has 0 spiro atoms. The normalized spacial score (nSPS) is 22.2. The summed E-state index contributed by atoms with van der Waals surface area (Å²) in [6, 6.07) is 8.71. The summed E-state index contributed by atoms with van der Waals surface area (Å²) in [5.41, 5.74) is 0.512. The third-order valence-electron chi connectivity index (χ3n) is 2.55. The van der Waals surface area contributed by atoms with Crippen LogP contribution in [0.3, 0.4) is 0 Å². The number of nitrogens with zero attached hydrogens (tertiary/aromatic N) is 1. The van der Waals surface area contributed by atoms with Gasteiger partial charge in [-0.1, -0.05) is 42.1 Å². The fraction of sp³-hybridized carbons (Fsp3) is 0.231. The van der Waals surface area contributed by atoms with Crippen molar-refractivity contribution in [3.05, 3.63) is 48.2 Å². The number of alkyl halides is 1. The highest BCUT2D eigenvalue weighted by molar-refractivity contribution is 8.13. The average molecular weight is 264 g/mol. The Morgan fingerprint density at radius 3 is 2.83 bits per heavy atom. The standard InChI is InChI=1S/C13H13FN2OS/c1-18-12-15-8-7-13(14,16-12)9-11(17)10-5-3-2-4-6-10/h2-8H,9H2,1H3,(H,15,16). The molecule has 0 radical (unpaired) electrons. The number of ketones is 1. The van der Waals surface area contributed by atoms with E-state index >= 15 is 0 Å². The lowest BCUT2D eigenvalue weighted by Gasteiger charge is -2.25. The van der Waals surface area contributed by atoms with Crippen molar-refractivity contribution < 1.29 is 9.18 Å². The van der Waals surface area contributed by atoms with Crippen molar-refractivity contribution in [1.82, 2.24) is 5.32 Å². The molecule has 1 heterocycles. The molecule has 0 bridgehead atoms. The summed E-state index contributed by atoms with van der Waals surface area (Å²) in [5.74, 6) is -2.09. The molecule has 0 fully saturated rings. The summed E-state index contributed by atoms with van der Waals surface area (Å²) < 4.78 is 14.4. The van der Waals surface area contributed by atoms with E-state index in [-0.39, 0.29) is 12.2 Å². The molecule has 1 aliphatic rings. The van der Waals surface area contributed by atoms with Gasteiger partial charge in [-0.25, -0.2) is 9.38 Å². The first-order valence-corrected chi connectivity index (χ1v) is 6.70. The molecule has 1 aromatic rings. The third-order valence-corrected chi connectivity index (χ3v) is 3.15. The Morgan fingerprint density at radius 1 is 1.44 bits per heavy atom. The van der Waals surface area contributed by atoms with Gasteiger partial charge in [-0.05, 0) is 12.3 Å². The van der Waals surface area contributed by atoms with Gasteiger partial charge >= 0.3 is 0 Å². The van der Waals surface area contributed by atoms with Crippen molar-refractivity contribution >= 4 is 22.7 Å². The van der Waals surface area contributed by atoms with Gasteiger partial charge in [0.15, 0.2) is 11.0 Å². The van der Waals surface area contributed by atoms with Crippen LogP contribution in [0.1, 0.15) is 16.8 Å². The molecule has 1 aliphatic heterocycles. The Labute approximate surface area is 109 Å². The fourth-order valence-electron chi connectivity index (χ4n) is 1.64. The maximum atomic E-state index is 14.4. The molecule has 1 aromatic carbocycles. The molecule has 18 heavy (non-hydrogen) atoms. The molecule has 2 rings (SSSR count). The first-order valence-electron chi connectivity index (χ1n) is 5.48. The zero-order valence-electron chi connectivity index (χ0n) is 9.89. The van der Waals surface area contributed by atoms with Gasteiger partial charge < -0.3 is 5.32 Å². The van der Waals surface area contributed by atoms with Crippen molar-refractivity contribution in [3.8, 4) is 0 Å². The van der Waals surface area contributed by atoms with Crippen molar-refractivity contribution in [1.29, 1.82) is 0 Å². The minimum absolute atomic E-state index is 0.238. The summed E-state index contributed by atoms with van der Waals surface area (Å²) in [6.07, 6.45) is 4.21. The summed E-state index contributed by atoms with van der Waals surface area (Å²) in [6.45, 7) is 0. The Bertz CT molecular complexity index is 501. The highest BCUT2D eigenvalue weighted by Gasteiger charge is 2.32. The summed E-state index contributed by atoms with van der Waals surface area (Å²) in [5, 5.41) is 3.09. The average Bonchev–Trinajstić information content (AvgIpc) is 2.39. The molecule has 94 valence electrons. The number of Topliss-reactive ketones (excluding diaryl/α,β-unsaturated/α-hetero) is 1. The maximum absolute atomic E-state index is 14.4. The van der Waals surface area contributed by atoms with Gasteiger partial charge in [0.1, 0.15) is 0 Å². The highest BCUT2D eigenvalue weighted by atomic mass is 32.2. The van der Waals surface area contributed by atoms with Crippen molar-refractivity contribution in [2.24, 2.45) is 4.99 Å². The molecule has 0 amide bonds. The Balaban J connectivity index is 2.08. The Kier molecular flexibility index (Phi) is 3.81. The monoisotopic (exact) mass is 264 g/mol. The van der Waals surface area contributed by atoms with Gasteiger partial charge in [0.05, 0.1) is 6.42 Å². The van der Waals surface area contributed by atoms with E-state index in [1.807, 2.05) is 6.07 Å². The second kappa shape index (κ2) is 5.35. The third kappa shape index (κ3) is 2.98. The molecule has 3 nitrogen and oxygen atoms in total. The minimum Gasteiger partial charge on any atom is -0.329 e. The predicted molar refractivity (Wildman–Crippen MR) is 72.5 cm³/mol. The van der Waals surface area contributed by atoms with E-state index < -0.39 is 5.79 Å². The zero-order chi connectivity index (χ0) is 13.0. The fourth-order valence-corrected chi connectivity index (χ4v) is 2.08. The predicted octanol–water partition coefficient (Wildman–Crippen LogP) is 2.76. The maximum Gasteiger partial charge on any atom is 0.209 e. The molecular weight excluding hydrogens is 251 g/mol. The largest absolute Gasteiger partial charge is 0.329 e. The molecule has 1 N–H and O–H groups in total. The summed E-state index contributed by atoms with van der Waals surface area (Å²) in [4.78, 5) is 15.9. The Morgan fingerprint density at radius 2 is 2.17 bits per heavy atom. The van der Waals surface area contributed by atoms with Gasteiger partial charge in [0.2, 0.25) is 5.79 Å². The van der Waals surface area contributed by atoms with E-state index in [0.717, 1.165) is 0 Å². The molecule has 0 saturated carbocycles. The van der Waals surface area contributed by atoms with Crippen LogP contribution in [0, 0.1) is 0 Å². The molecule has 1 atom stereocenters. The number of carbonyl (C=O) groups is 1. The van der Waals surface area contributed by atoms with Crippen LogP contribution in [0.2, 0.25) is 0 Å². The van der Waals surface area contributed by atoms with Gasteiger partial charge in [-0.15, -0.1) is 0 Å². The van der Waals surface area contributed by atoms with Crippen LogP contribution in [0.25, 0.3) is 0 Å². The van der Waals surface area contributed by atoms with Gasteiger partial charge in [-0.3, -0.25) is 4.79 Å². The molecule has 1 unspecified atom stereocenters. The van der Waals surface area contributed by atoms with Crippen molar-refractivity contribution in [3.63, 3.8) is 0 Å². The number of halogens is 1. The van der Waals surface area contributed by atoms with Gasteiger partial charge in [-0.2, -0.15) is 0 Å². The number of aliphatic imine (C=N–C) groups is 1. The van der Waals surface area contributed by atoms with Crippen molar-refractivity contribution in [2.75, 3.05) is 6.26 Å². The van der Waals surface area contributed by atoms with Crippen LogP contribution in [-0.4, -0.2) is 23.0 Å². The quantitative estimate of drug-likeness (QED) is 0.674. The first-order chi connectivity index (χ1) is 8.63. The van der Waals surface area contributed by atoms with Gasteiger partial charge in [0, 0.05) is 11.8 Å². The van der Waals surface area contributed by atoms with Crippen molar-refractivity contribution in [2.45, 2.75) is 12.2 Å². The first kappa shape index (κ1) is 12.8. The molecule has 0 saturated heterocycles. The number of amidine groups is 1. The number of nitrogens with one attached hydrogen (secondary N) is 1. The van der Waals surface area contributed by atoms with E-state index in [1.54, 1.807) is 30.5 Å². The van der Waals surface area contributed by atoms with Crippen LogP contribution >= 0.6 is 11.8 Å². The lowest BCUT2D eigenvalue weighted by Crippen LogP contribution is -2.45. The van der Waals surface area contributed by atoms with E-state index in [2.05, 4.69) is 10.3 Å². The van der Waals surface area contributed by atoms with E-state index in [1.165, 1.54) is 24.0 Å². The van der Waals surface area contributed by atoms with Gasteiger partial charge in [0.25, 0.3) is 0 Å². The minimum atomic E-state index is -1.85. The second-order valence-corrected chi connectivity index (χ2v) is 4.70.